The summed E-state index contributed by atoms with van der Waals surface area (Å²) in [4.78, 5) is 10.8. The second-order valence-corrected chi connectivity index (χ2v) is 2.38. The zero-order chi connectivity index (χ0) is 10.4. The predicted molar refractivity (Wildman–Crippen MR) is 41.3 cm³/mol. The summed E-state index contributed by atoms with van der Waals surface area (Å²) in [6.07, 6.45) is -6.13. The first kappa shape index (κ1) is 12.0. The predicted octanol–water partition coefficient (Wildman–Crippen LogP) is 2.10. The third-order valence-electron chi connectivity index (χ3n) is 1.28. The molecule has 0 rings (SSSR count). The van der Waals surface area contributed by atoms with Gasteiger partial charge in [-0.3, -0.25) is 0 Å². The van der Waals surface area contributed by atoms with E-state index in [0.717, 1.165) is 0 Å². The summed E-state index contributed by atoms with van der Waals surface area (Å²) >= 11 is 0. The Morgan fingerprint density at radius 3 is 2.38 bits per heavy atom. The first-order valence-corrected chi connectivity index (χ1v) is 3.76. The lowest BCUT2D eigenvalue weighted by Crippen LogP contribution is -2.17. The van der Waals surface area contributed by atoms with Crippen molar-refractivity contribution in [3.05, 3.63) is 12.2 Å². The van der Waals surface area contributed by atoms with Crippen LogP contribution in [0.25, 0.3) is 0 Å². The summed E-state index contributed by atoms with van der Waals surface area (Å²) < 4.78 is 40.1. The van der Waals surface area contributed by atoms with Crippen LogP contribution >= 0.6 is 0 Å². The highest BCUT2D eigenvalue weighted by Gasteiger charge is 2.22. The monoisotopic (exact) mass is 196 g/mol. The second kappa shape index (κ2) is 5.61. The van der Waals surface area contributed by atoms with Gasteiger partial charge in [0, 0.05) is 12.0 Å². The van der Waals surface area contributed by atoms with Gasteiger partial charge in [-0.05, 0) is 6.92 Å². The molecule has 0 radical (unpaired) electrons. The molecule has 0 aliphatic rings. The van der Waals surface area contributed by atoms with Gasteiger partial charge in [-0.1, -0.05) is 6.58 Å². The van der Waals surface area contributed by atoms with E-state index >= 15 is 0 Å². The van der Waals surface area contributed by atoms with Crippen LogP contribution in [0.5, 0.6) is 0 Å². The van der Waals surface area contributed by atoms with Gasteiger partial charge >= 0.3 is 5.97 Å². The number of carbonyl (C=O) groups excluding carboxylic acids is 1. The quantitative estimate of drug-likeness (QED) is 0.497. The van der Waals surface area contributed by atoms with E-state index in [1.54, 1.807) is 6.92 Å². The third-order valence-corrected chi connectivity index (χ3v) is 1.28. The number of hydrogen-bond donors (Lipinski definition) is 0. The Bertz CT molecular complexity index is 192. The molecule has 2 nitrogen and oxygen atoms in total. The molecule has 13 heavy (non-hydrogen) atoms. The van der Waals surface area contributed by atoms with Gasteiger partial charge < -0.3 is 4.74 Å². The molecule has 5 heteroatoms. The zero-order valence-electron chi connectivity index (χ0n) is 7.23. The van der Waals surface area contributed by atoms with Gasteiger partial charge in [0.25, 0.3) is 6.43 Å². The number of alkyl halides is 3. The maximum absolute atomic E-state index is 12.4. The van der Waals surface area contributed by atoms with E-state index in [9.17, 15) is 18.0 Å². The molecule has 0 saturated heterocycles. The highest BCUT2D eigenvalue weighted by atomic mass is 19.3. The number of ether oxygens (including phenoxy) is 1. The van der Waals surface area contributed by atoms with Crippen LogP contribution in [0, 0.1) is 0 Å². The van der Waals surface area contributed by atoms with Crippen LogP contribution < -0.4 is 0 Å². The van der Waals surface area contributed by atoms with Crippen LogP contribution in [0.15, 0.2) is 12.2 Å². The van der Waals surface area contributed by atoms with Crippen molar-refractivity contribution in [3.8, 4) is 0 Å². The molecule has 0 aliphatic carbocycles. The molecular weight excluding hydrogens is 185 g/mol. The summed E-state index contributed by atoms with van der Waals surface area (Å²) in [7, 11) is 0. The maximum Gasteiger partial charge on any atom is 0.333 e. The maximum atomic E-state index is 12.4. The fourth-order valence-corrected chi connectivity index (χ4v) is 0.641. The topological polar surface area (TPSA) is 26.3 Å². The van der Waals surface area contributed by atoms with Crippen LogP contribution in [0.2, 0.25) is 0 Å². The Hall–Kier alpha value is -1.00. The Morgan fingerprint density at radius 1 is 1.46 bits per heavy atom. The lowest BCUT2D eigenvalue weighted by atomic mass is 10.1. The number of esters is 1. The van der Waals surface area contributed by atoms with Crippen LogP contribution in [-0.4, -0.2) is 25.2 Å². The Morgan fingerprint density at radius 2 is 2.00 bits per heavy atom. The van der Waals surface area contributed by atoms with E-state index in [1.807, 2.05) is 0 Å². The van der Waals surface area contributed by atoms with E-state index in [4.69, 9.17) is 0 Å². The minimum atomic E-state index is -3.09. The lowest BCUT2D eigenvalue weighted by molar-refractivity contribution is -0.138. The minimum Gasteiger partial charge on any atom is -0.463 e. The molecule has 76 valence electrons. The third kappa shape index (κ3) is 4.55. The zero-order valence-corrected chi connectivity index (χ0v) is 7.23. The first-order chi connectivity index (χ1) is 5.99. The first-order valence-electron chi connectivity index (χ1n) is 3.76. The van der Waals surface area contributed by atoms with Crippen LogP contribution in [0.3, 0.4) is 0 Å². The molecule has 0 heterocycles. The normalized spacial score (nSPS) is 12.7. The number of hydrogen-bond acceptors (Lipinski definition) is 2. The number of carbonyl (C=O) groups is 1. The molecule has 0 aromatic heterocycles. The second-order valence-electron chi connectivity index (χ2n) is 2.38. The van der Waals surface area contributed by atoms with Crippen molar-refractivity contribution in [2.24, 2.45) is 0 Å². The van der Waals surface area contributed by atoms with Crippen LogP contribution in [-0.2, 0) is 9.53 Å². The summed E-state index contributed by atoms with van der Waals surface area (Å²) in [6.45, 7) is 4.82. The molecule has 0 fully saturated rings. The lowest BCUT2D eigenvalue weighted by Gasteiger charge is -2.08. The van der Waals surface area contributed by atoms with E-state index in [1.165, 1.54) is 0 Å². The van der Waals surface area contributed by atoms with Gasteiger partial charge in [0.1, 0.15) is 0 Å². The van der Waals surface area contributed by atoms with E-state index in [2.05, 4.69) is 11.3 Å². The highest BCUT2D eigenvalue weighted by Crippen LogP contribution is 2.15. The van der Waals surface area contributed by atoms with Crippen molar-refractivity contribution in [2.75, 3.05) is 6.61 Å². The minimum absolute atomic E-state index is 0.115. The van der Waals surface area contributed by atoms with Crippen molar-refractivity contribution in [2.45, 2.75) is 25.9 Å². The molecule has 0 aromatic carbocycles. The van der Waals surface area contributed by atoms with E-state index in [-0.39, 0.29) is 12.2 Å². The Balaban J connectivity index is 3.93. The fraction of sp³-hybridized carbons (Fsp3) is 0.625. The smallest absolute Gasteiger partial charge is 0.333 e. The van der Waals surface area contributed by atoms with Gasteiger partial charge in [-0.25, -0.2) is 18.0 Å². The Labute approximate surface area is 74.4 Å². The molecule has 1 atom stereocenters. The fourth-order valence-electron chi connectivity index (χ4n) is 0.641. The van der Waals surface area contributed by atoms with Gasteiger partial charge in [0.2, 0.25) is 0 Å². The van der Waals surface area contributed by atoms with Crippen LogP contribution in [0.4, 0.5) is 13.2 Å². The molecule has 1 unspecified atom stereocenters. The van der Waals surface area contributed by atoms with Gasteiger partial charge in [0.15, 0.2) is 6.17 Å². The van der Waals surface area contributed by atoms with Crippen molar-refractivity contribution in [1.82, 2.24) is 0 Å². The standard InChI is InChI=1S/C8H11F3O2/c1-3-13-8(12)5(2)4-6(9)7(10)11/h6-7H,2-4H2,1H3. The summed E-state index contributed by atoms with van der Waals surface area (Å²) in [5, 5.41) is 0. The van der Waals surface area contributed by atoms with Gasteiger partial charge in [0.05, 0.1) is 6.61 Å². The summed E-state index contributed by atoms with van der Waals surface area (Å²) in [5.74, 6) is -0.828. The summed E-state index contributed by atoms with van der Waals surface area (Å²) in [6, 6.07) is 0. The van der Waals surface area contributed by atoms with Crippen molar-refractivity contribution in [3.63, 3.8) is 0 Å². The highest BCUT2D eigenvalue weighted by molar-refractivity contribution is 5.87. The number of halogens is 3. The van der Waals surface area contributed by atoms with E-state index < -0.39 is 25.0 Å². The number of rotatable bonds is 5. The van der Waals surface area contributed by atoms with Crippen LogP contribution in [0.1, 0.15) is 13.3 Å². The molecule has 0 bridgehead atoms. The average Bonchev–Trinajstić information content (AvgIpc) is 2.04. The molecule has 0 amide bonds. The molecule has 0 N–H and O–H groups in total. The van der Waals surface area contributed by atoms with Crippen molar-refractivity contribution < 1.29 is 22.7 Å². The van der Waals surface area contributed by atoms with Gasteiger partial charge in [-0.15, -0.1) is 0 Å². The molecule has 0 saturated carbocycles. The largest absolute Gasteiger partial charge is 0.463 e. The molecule has 0 spiro atoms. The summed E-state index contributed by atoms with van der Waals surface area (Å²) in [5.41, 5.74) is -0.269. The van der Waals surface area contributed by atoms with E-state index in [0.29, 0.717) is 0 Å². The SMILES string of the molecule is C=C(CC(F)C(F)F)C(=O)OCC. The van der Waals surface area contributed by atoms with Gasteiger partial charge in [-0.2, -0.15) is 0 Å². The molecule has 0 aromatic rings. The average molecular weight is 196 g/mol. The van der Waals surface area contributed by atoms with Crippen molar-refractivity contribution in [1.29, 1.82) is 0 Å². The Kier molecular flexibility index (Phi) is 5.18. The molecular formula is C8H11F3O2. The van der Waals surface area contributed by atoms with Crippen molar-refractivity contribution >= 4 is 5.97 Å². The molecule has 0 aliphatic heterocycles.